The number of aromatic nitrogens is 1. The number of ether oxygens (including phenoxy) is 1. The van der Waals surface area contributed by atoms with Crippen molar-refractivity contribution in [1.29, 1.82) is 0 Å². The van der Waals surface area contributed by atoms with Gasteiger partial charge in [0.15, 0.2) is 0 Å². The normalized spacial score (nSPS) is 12.1. The van der Waals surface area contributed by atoms with Gasteiger partial charge in [-0.25, -0.2) is 0 Å². The average Bonchev–Trinajstić information content (AvgIpc) is 3.47. The fourth-order valence-electron chi connectivity index (χ4n) is 7.42. The Balaban J connectivity index is 1.00. The molecule has 1 aliphatic rings. The molecule has 46 heavy (non-hydrogen) atoms. The zero-order chi connectivity index (χ0) is 30.2. The first-order chi connectivity index (χ1) is 22.8. The van der Waals surface area contributed by atoms with E-state index < -0.39 is 0 Å². The van der Waals surface area contributed by atoms with E-state index in [-0.39, 0.29) is 0 Å². The molecule has 214 valence electrons. The number of hydrogen-bond donors (Lipinski definition) is 0. The Hall–Kier alpha value is -6.12. The standard InChI is InChI=1S/C44H27NO/c1-2-10-35-31(7-1)21-25-40-44(35)37-11-3-4-13-39(37)45(40)34-23-19-29(20-24-34)28-15-17-30(18-16-28)33-22-26-41-38(27-33)36-12-5-8-32-9-6-14-42(46-41)43(32)36/h1-27H. The first-order valence-corrected chi connectivity index (χ1v) is 15.8. The molecular weight excluding hydrogens is 558 g/mol. The summed E-state index contributed by atoms with van der Waals surface area (Å²) in [4.78, 5) is 0. The minimum atomic E-state index is 0.906. The summed E-state index contributed by atoms with van der Waals surface area (Å²) in [5, 5.41) is 7.53. The Morgan fingerprint density at radius 3 is 1.85 bits per heavy atom. The van der Waals surface area contributed by atoms with Gasteiger partial charge in [0.2, 0.25) is 0 Å². The second-order valence-corrected chi connectivity index (χ2v) is 12.1. The quantitative estimate of drug-likeness (QED) is 0.201. The summed E-state index contributed by atoms with van der Waals surface area (Å²) in [6, 6.07) is 59.0. The molecule has 8 aromatic carbocycles. The summed E-state index contributed by atoms with van der Waals surface area (Å²) >= 11 is 0. The largest absolute Gasteiger partial charge is 0.456 e. The fourth-order valence-corrected chi connectivity index (χ4v) is 7.42. The molecule has 0 fully saturated rings. The molecule has 0 bridgehead atoms. The highest BCUT2D eigenvalue weighted by atomic mass is 16.5. The second-order valence-electron chi connectivity index (χ2n) is 12.1. The van der Waals surface area contributed by atoms with E-state index in [1.54, 1.807) is 0 Å². The van der Waals surface area contributed by atoms with Crippen molar-refractivity contribution < 1.29 is 4.74 Å². The van der Waals surface area contributed by atoms with Gasteiger partial charge in [0.25, 0.3) is 0 Å². The van der Waals surface area contributed by atoms with Crippen LogP contribution >= 0.6 is 0 Å². The zero-order valence-corrected chi connectivity index (χ0v) is 24.9. The van der Waals surface area contributed by atoms with E-state index in [1.165, 1.54) is 71.2 Å². The number of fused-ring (bicyclic) bond motifs is 7. The van der Waals surface area contributed by atoms with Crippen LogP contribution in [0.3, 0.4) is 0 Å². The number of para-hydroxylation sites is 1. The first kappa shape index (κ1) is 25.2. The van der Waals surface area contributed by atoms with E-state index in [0.717, 1.165) is 22.7 Å². The Bertz CT molecular complexity index is 2640. The predicted molar refractivity (Wildman–Crippen MR) is 192 cm³/mol. The molecular formula is C44H27NO. The van der Waals surface area contributed by atoms with Crippen LogP contribution in [-0.4, -0.2) is 4.57 Å². The highest BCUT2D eigenvalue weighted by Gasteiger charge is 2.20. The lowest BCUT2D eigenvalue weighted by molar-refractivity contribution is 0.487. The lowest BCUT2D eigenvalue weighted by Crippen LogP contribution is -1.97. The van der Waals surface area contributed by atoms with Crippen molar-refractivity contribution in [2.75, 3.05) is 0 Å². The summed E-state index contributed by atoms with van der Waals surface area (Å²) in [5.74, 6) is 1.83. The van der Waals surface area contributed by atoms with E-state index in [0.29, 0.717) is 0 Å². The summed E-state index contributed by atoms with van der Waals surface area (Å²) in [7, 11) is 0. The molecule has 0 radical (unpaired) electrons. The molecule has 1 aromatic heterocycles. The highest BCUT2D eigenvalue weighted by molar-refractivity contribution is 6.21. The third-order valence-corrected chi connectivity index (χ3v) is 9.60. The molecule has 2 heterocycles. The van der Waals surface area contributed by atoms with Crippen LogP contribution in [0.5, 0.6) is 11.5 Å². The van der Waals surface area contributed by atoms with Crippen molar-refractivity contribution in [1.82, 2.24) is 4.57 Å². The summed E-state index contributed by atoms with van der Waals surface area (Å²) in [6.45, 7) is 0. The number of hydrogen-bond acceptors (Lipinski definition) is 1. The zero-order valence-electron chi connectivity index (χ0n) is 24.9. The predicted octanol–water partition coefficient (Wildman–Crippen LogP) is 12.2. The average molecular weight is 586 g/mol. The van der Waals surface area contributed by atoms with Crippen molar-refractivity contribution in [2.45, 2.75) is 0 Å². The first-order valence-electron chi connectivity index (χ1n) is 15.8. The molecule has 1 aliphatic heterocycles. The Labute approximate surface area is 266 Å². The van der Waals surface area contributed by atoms with E-state index in [4.69, 9.17) is 4.74 Å². The summed E-state index contributed by atoms with van der Waals surface area (Å²) in [5.41, 5.74) is 10.7. The topological polar surface area (TPSA) is 14.2 Å². The van der Waals surface area contributed by atoms with E-state index in [9.17, 15) is 0 Å². The van der Waals surface area contributed by atoms with Crippen LogP contribution in [0, 0.1) is 0 Å². The lowest BCUT2D eigenvalue weighted by Gasteiger charge is -2.22. The lowest BCUT2D eigenvalue weighted by atomic mass is 9.92. The van der Waals surface area contributed by atoms with Crippen LogP contribution in [0.4, 0.5) is 0 Å². The second kappa shape index (κ2) is 9.69. The van der Waals surface area contributed by atoms with Gasteiger partial charge in [-0.15, -0.1) is 0 Å². The monoisotopic (exact) mass is 585 g/mol. The minimum absolute atomic E-state index is 0.906. The van der Waals surface area contributed by atoms with Crippen molar-refractivity contribution in [3.8, 4) is 50.6 Å². The molecule has 0 spiro atoms. The SMILES string of the molecule is c1cc2c3c(cccc3c1)-c1cc(-c3ccc(-c4ccc(-n5c6ccccc6c6c7ccccc7ccc65)cc4)cc3)ccc1O2. The van der Waals surface area contributed by atoms with Crippen molar-refractivity contribution in [2.24, 2.45) is 0 Å². The van der Waals surface area contributed by atoms with Gasteiger partial charge in [0.05, 0.1) is 11.0 Å². The fraction of sp³-hybridized carbons (Fsp3) is 0. The van der Waals surface area contributed by atoms with Crippen molar-refractivity contribution in [3.05, 3.63) is 164 Å². The van der Waals surface area contributed by atoms with Gasteiger partial charge < -0.3 is 9.30 Å². The Morgan fingerprint density at radius 1 is 0.370 bits per heavy atom. The minimum Gasteiger partial charge on any atom is -0.456 e. The van der Waals surface area contributed by atoms with Gasteiger partial charge >= 0.3 is 0 Å². The summed E-state index contributed by atoms with van der Waals surface area (Å²) < 4.78 is 8.71. The van der Waals surface area contributed by atoms with Gasteiger partial charge in [0.1, 0.15) is 11.5 Å². The number of nitrogens with zero attached hydrogens (tertiary/aromatic N) is 1. The molecule has 10 rings (SSSR count). The molecule has 2 heteroatoms. The van der Waals surface area contributed by atoms with Gasteiger partial charge in [-0.3, -0.25) is 0 Å². The molecule has 0 N–H and O–H groups in total. The van der Waals surface area contributed by atoms with Crippen molar-refractivity contribution in [3.63, 3.8) is 0 Å². The Kier molecular flexibility index (Phi) is 5.31. The van der Waals surface area contributed by atoms with E-state index >= 15 is 0 Å². The maximum atomic E-state index is 6.32. The maximum Gasteiger partial charge on any atom is 0.135 e. The molecule has 0 amide bonds. The molecule has 0 atom stereocenters. The van der Waals surface area contributed by atoms with Gasteiger partial charge in [-0.2, -0.15) is 0 Å². The smallest absolute Gasteiger partial charge is 0.135 e. The van der Waals surface area contributed by atoms with Gasteiger partial charge in [-0.1, -0.05) is 121 Å². The third kappa shape index (κ3) is 3.71. The van der Waals surface area contributed by atoms with E-state index in [1.807, 2.05) is 0 Å². The maximum absolute atomic E-state index is 6.32. The molecule has 0 saturated heterocycles. The number of rotatable bonds is 3. The number of benzene rings is 8. The van der Waals surface area contributed by atoms with Gasteiger partial charge in [-0.05, 0) is 86.4 Å². The van der Waals surface area contributed by atoms with Gasteiger partial charge in [0, 0.05) is 27.4 Å². The van der Waals surface area contributed by atoms with Crippen LogP contribution in [0.1, 0.15) is 0 Å². The molecule has 2 nitrogen and oxygen atoms in total. The summed E-state index contributed by atoms with van der Waals surface area (Å²) in [6.07, 6.45) is 0. The van der Waals surface area contributed by atoms with Crippen LogP contribution in [0.15, 0.2) is 164 Å². The van der Waals surface area contributed by atoms with Crippen molar-refractivity contribution >= 4 is 43.4 Å². The molecule has 0 unspecified atom stereocenters. The van der Waals surface area contributed by atoms with E-state index in [2.05, 4.69) is 168 Å². The molecule has 0 aliphatic carbocycles. The van der Waals surface area contributed by atoms with Crippen LogP contribution < -0.4 is 4.74 Å². The highest BCUT2D eigenvalue weighted by Crippen LogP contribution is 2.47. The molecule has 9 aromatic rings. The third-order valence-electron chi connectivity index (χ3n) is 9.60. The Morgan fingerprint density at radius 2 is 1.02 bits per heavy atom. The van der Waals surface area contributed by atoms with Crippen LogP contribution in [0.25, 0.3) is 82.4 Å². The molecule has 0 saturated carbocycles. The van der Waals surface area contributed by atoms with Crippen LogP contribution in [-0.2, 0) is 0 Å². The van der Waals surface area contributed by atoms with Crippen LogP contribution in [0.2, 0.25) is 0 Å².